The van der Waals surface area contributed by atoms with Crippen LogP contribution in [0.15, 0.2) is 47.4 Å². The monoisotopic (exact) mass is 428 g/mol. The number of rotatable bonds is 8. The van der Waals surface area contributed by atoms with E-state index in [9.17, 15) is 13.2 Å². The Morgan fingerprint density at radius 1 is 1.04 bits per heavy atom. The molecular weight excluding hydrogens is 407 g/mol. The number of nitrogens with zero attached hydrogens (tertiary/aromatic N) is 1. The summed E-state index contributed by atoms with van der Waals surface area (Å²) in [5.74, 6) is -0.352. The molecular formula is C19H22Cl2N2O3S. The fourth-order valence-corrected chi connectivity index (χ4v) is 4.78. The van der Waals surface area contributed by atoms with Crippen LogP contribution in [0.25, 0.3) is 0 Å². The zero-order valence-electron chi connectivity index (χ0n) is 15.2. The molecule has 0 saturated heterocycles. The maximum Gasteiger partial charge on any atom is 0.251 e. The third kappa shape index (κ3) is 5.23. The summed E-state index contributed by atoms with van der Waals surface area (Å²) in [6.07, 6.45) is 0.474. The molecule has 0 fully saturated rings. The SMILES string of the molecule is CCN(CC)S(=O)(=O)c1cccc(C(=O)NCCc2c(Cl)cccc2Cl)c1. The average molecular weight is 429 g/mol. The van der Waals surface area contributed by atoms with E-state index in [0.29, 0.717) is 36.1 Å². The first-order chi connectivity index (χ1) is 12.8. The van der Waals surface area contributed by atoms with Crippen LogP contribution in [0, 0.1) is 0 Å². The quantitative estimate of drug-likeness (QED) is 0.690. The number of carbonyl (C=O) groups excluding carboxylic acids is 1. The molecule has 146 valence electrons. The molecule has 2 rings (SSSR count). The van der Waals surface area contributed by atoms with E-state index in [1.807, 2.05) is 0 Å². The number of nitrogens with one attached hydrogen (secondary N) is 1. The largest absolute Gasteiger partial charge is 0.352 e. The van der Waals surface area contributed by atoms with Gasteiger partial charge in [-0.1, -0.05) is 49.2 Å². The van der Waals surface area contributed by atoms with Gasteiger partial charge in [0.05, 0.1) is 4.90 Å². The van der Waals surface area contributed by atoms with E-state index >= 15 is 0 Å². The highest BCUT2D eigenvalue weighted by molar-refractivity contribution is 7.89. The molecule has 0 spiro atoms. The first kappa shape index (κ1) is 21.7. The second-order valence-electron chi connectivity index (χ2n) is 5.82. The number of hydrogen-bond acceptors (Lipinski definition) is 3. The minimum absolute atomic E-state index is 0.105. The first-order valence-corrected chi connectivity index (χ1v) is 10.8. The molecule has 2 aromatic rings. The lowest BCUT2D eigenvalue weighted by atomic mass is 10.1. The number of sulfonamides is 1. The molecule has 0 bridgehead atoms. The summed E-state index contributed by atoms with van der Waals surface area (Å²) in [5.41, 5.74) is 1.05. The molecule has 0 aliphatic heterocycles. The second kappa shape index (κ2) is 9.55. The van der Waals surface area contributed by atoms with Crippen LogP contribution in [0.5, 0.6) is 0 Å². The third-order valence-electron chi connectivity index (χ3n) is 4.16. The van der Waals surface area contributed by atoms with Crippen molar-refractivity contribution in [2.75, 3.05) is 19.6 Å². The molecule has 0 unspecified atom stereocenters. The zero-order valence-corrected chi connectivity index (χ0v) is 17.5. The van der Waals surface area contributed by atoms with Crippen molar-refractivity contribution >= 4 is 39.1 Å². The van der Waals surface area contributed by atoms with Gasteiger partial charge < -0.3 is 5.32 Å². The molecule has 0 radical (unpaired) electrons. The van der Waals surface area contributed by atoms with Crippen LogP contribution >= 0.6 is 23.2 Å². The number of amides is 1. The van der Waals surface area contributed by atoms with Gasteiger partial charge in [0.15, 0.2) is 0 Å². The van der Waals surface area contributed by atoms with E-state index < -0.39 is 10.0 Å². The van der Waals surface area contributed by atoms with E-state index in [4.69, 9.17) is 23.2 Å². The van der Waals surface area contributed by atoms with Crippen molar-refractivity contribution in [1.29, 1.82) is 0 Å². The lowest BCUT2D eigenvalue weighted by Crippen LogP contribution is -2.31. The predicted octanol–water partition coefficient (Wildman–Crippen LogP) is 4.00. The molecule has 0 aliphatic carbocycles. The zero-order chi connectivity index (χ0) is 20.0. The van der Waals surface area contributed by atoms with Gasteiger partial charge in [-0.25, -0.2) is 8.42 Å². The normalized spacial score (nSPS) is 11.6. The summed E-state index contributed by atoms with van der Waals surface area (Å²) in [6, 6.07) is 11.3. The number of hydrogen-bond donors (Lipinski definition) is 1. The third-order valence-corrected chi connectivity index (χ3v) is 6.92. The maximum atomic E-state index is 12.6. The Balaban J connectivity index is 2.09. The molecule has 0 atom stereocenters. The van der Waals surface area contributed by atoms with Crippen LogP contribution in [0.1, 0.15) is 29.8 Å². The lowest BCUT2D eigenvalue weighted by molar-refractivity contribution is 0.0954. The first-order valence-electron chi connectivity index (χ1n) is 8.62. The van der Waals surface area contributed by atoms with Crippen LogP contribution < -0.4 is 5.32 Å². The van der Waals surface area contributed by atoms with Crippen LogP contribution in [0.3, 0.4) is 0 Å². The van der Waals surface area contributed by atoms with E-state index in [-0.39, 0.29) is 16.4 Å². The molecule has 0 aliphatic rings. The molecule has 2 aromatic carbocycles. The van der Waals surface area contributed by atoms with Crippen molar-refractivity contribution in [1.82, 2.24) is 9.62 Å². The molecule has 27 heavy (non-hydrogen) atoms. The van der Waals surface area contributed by atoms with E-state index in [2.05, 4.69) is 5.32 Å². The Labute approximate surface area is 170 Å². The highest BCUT2D eigenvalue weighted by Crippen LogP contribution is 2.24. The van der Waals surface area contributed by atoms with Gasteiger partial charge in [-0.3, -0.25) is 4.79 Å². The summed E-state index contributed by atoms with van der Waals surface area (Å²) in [7, 11) is -3.61. The van der Waals surface area contributed by atoms with Gasteiger partial charge in [-0.05, 0) is 42.3 Å². The van der Waals surface area contributed by atoms with Crippen molar-refractivity contribution in [3.63, 3.8) is 0 Å². The molecule has 0 saturated carbocycles. The Bertz CT molecular complexity index is 893. The van der Waals surface area contributed by atoms with Crippen molar-refractivity contribution in [3.8, 4) is 0 Å². The van der Waals surface area contributed by atoms with Crippen LogP contribution in [-0.4, -0.2) is 38.3 Å². The van der Waals surface area contributed by atoms with Crippen molar-refractivity contribution in [2.45, 2.75) is 25.2 Å². The fourth-order valence-electron chi connectivity index (χ4n) is 2.68. The smallest absolute Gasteiger partial charge is 0.251 e. The van der Waals surface area contributed by atoms with Gasteiger partial charge in [0, 0.05) is 35.2 Å². The average Bonchev–Trinajstić information content (AvgIpc) is 2.65. The van der Waals surface area contributed by atoms with Crippen molar-refractivity contribution < 1.29 is 13.2 Å². The number of benzene rings is 2. The summed E-state index contributed by atoms with van der Waals surface area (Å²) < 4.78 is 26.6. The Kier molecular flexibility index (Phi) is 7.68. The molecule has 0 aromatic heterocycles. The van der Waals surface area contributed by atoms with E-state index in [1.54, 1.807) is 44.2 Å². The van der Waals surface area contributed by atoms with E-state index in [1.165, 1.54) is 16.4 Å². The van der Waals surface area contributed by atoms with Gasteiger partial charge in [-0.2, -0.15) is 4.31 Å². The maximum absolute atomic E-state index is 12.6. The van der Waals surface area contributed by atoms with E-state index in [0.717, 1.165) is 5.56 Å². The van der Waals surface area contributed by atoms with Gasteiger partial charge in [-0.15, -0.1) is 0 Å². The lowest BCUT2D eigenvalue weighted by Gasteiger charge is -2.18. The summed E-state index contributed by atoms with van der Waals surface area (Å²) >= 11 is 12.2. The van der Waals surface area contributed by atoms with Crippen LogP contribution in [-0.2, 0) is 16.4 Å². The van der Waals surface area contributed by atoms with Crippen molar-refractivity contribution in [2.24, 2.45) is 0 Å². The second-order valence-corrected chi connectivity index (χ2v) is 8.58. The predicted molar refractivity (Wildman–Crippen MR) is 109 cm³/mol. The highest BCUT2D eigenvalue weighted by atomic mass is 35.5. The molecule has 1 N–H and O–H groups in total. The molecule has 8 heteroatoms. The topological polar surface area (TPSA) is 66.5 Å². The summed E-state index contributed by atoms with van der Waals surface area (Å²) in [5, 5.41) is 3.86. The Morgan fingerprint density at radius 3 is 2.22 bits per heavy atom. The Morgan fingerprint density at radius 2 is 1.63 bits per heavy atom. The molecule has 0 heterocycles. The minimum Gasteiger partial charge on any atom is -0.352 e. The number of carbonyl (C=O) groups is 1. The summed E-state index contributed by atoms with van der Waals surface area (Å²) in [6.45, 7) is 4.62. The Hall–Kier alpha value is -1.60. The molecule has 5 nitrogen and oxygen atoms in total. The van der Waals surface area contributed by atoms with Crippen molar-refractivity contribution in [3.05, 3.63) is 63.6 Å². The fraction of sp³-hybridized carbons (Fsp3) is 0.316. The van der Waals surface area contributed by atoms with Crippen LogP contribution in [0.2, 0.25) is 10.0 Å². The van der Waals surface area contributed by atoms with Gasteiger partial charge in [0.1, 0.15) is 0 Å². The van der Waals surface area contributed by atoms with Gasteiger partial charge in [0.2, 0.25) is 10.0 Å². The number of halogens is 2. The van der Waals surface area contributed by atoms with Gasteiger partial charge in [0.25, 0.3) is 5.91 Å². The highest BCUT2D eigenvalue weighted by Gasteiger charge is 2.22. The standard InChI is InChI=1S/C19H22Cl2N2O3S/c1-3-23(4-2)27(25,26)15-8-5-7-14(13-15)19(24)22-12-11-16-17(20)9-6-10-18(16)21/h5-10,13H,3-4,11-12H2,1-2H3,(H,22,24). The van der Waals surface area contributed by atoms with Crippen LogP contribution in [0.4, 0.5) is 0 Å². The van der Waals surface area contributed by atoms with Gasteiger partial charge >= 0.3 is 0 Å². The summed E-state index contributed by atoms with van der Waals surface area (Å²) in [4.78, 5) is 12.5. The molecule has 1 amide bonds. The minimum atomic E-state index is -3.61.